The van der Waals surface area contributed by atoms with E-state index in [4.69, 9.17) is 4.74 Å². The van der Waals surface area contributed by atoms with Gasteiger partial charge in [0.1, 0.15) is 11.6 Å². The predicted molar refractivity (Wildman–Crippen MR) is 85.8 cm³/mol. The average Bonchev–Trinajstić information content (AvgIpc) is 2.51. The maximum Gasteiger partial charge on any atom is 0.435 e. The molecular weight excluding hydrogens is 319 g/mol. The van der Waals surface area contributed by atoms with Crippen LogP contribution in [-0.4, -0.2) is 17.3 Å². The van der Waals surface area contributed by atoms with Gasteiger partial charge in [0.15, 0.2) is 5.69 Å². The van der Waals surface area contributed by atoms with Crippen LogP contribution in [0.3, 0.4) is 0 Å². The number of ether oxygens (including phenoxy) is 1. The molecule has 7 heteroatoms. The monoisotopic (exact) mass is 339 g/mol. The minimum Gasteiger partial charge on any atom is -0.496 e. The third-order valence-electron chi connectivity index (χ3n) is 3.56. The van der Waals surface area contributed by atoms with Crippen molar-refractivity contribution in [3.8, 4) is 5.75 Å². The second kappa shape index (κ2) is 6.67. The van der Waals surface area contributed by atoms with Crippen LogP contribution in [0.15, 0.2) is 36.4 Å². The van der Waals surface area contributed by atoms with Gasteiger partial charge in [-0.25, -0.2) is 0 Å². The highest BCUT2D eigenvalue weighted by molar-refractivity contribution is 5.44. The fourth-order valence-electron chi connectivity index (χ4n) is 2.37. The third kappa shape index (κ3) is 4.15. The molecule has 1 aromatic carbocycles. The zero-order valence-electron chi connectivity index (χ0n) is 14.0. The van der Waals surface area contributed by atoms with Crippen LogP contribution in [0.2, 0.25) is 0 Å². The van der Waals surface area contributed by atoms with Gasteiger partial charge in [-0.3, -0.25) is 0 Å². The van der Waals surface area contributed by atoms with E-state index in [0.717, 1.165) is 11.6 Å². The maximum absolute atomic E-state index is 12.6. The second-order valence-electron chi connectivity index (χ2n) is 6.49. The topological polar surface area (TPSA) is 47.0 Å². The van der Waals surface area contributed by atoms with Crippen molar-refractivity contribution in [2.45, 2.75) is 33.0 Å². The van der Waals surface area contributed by atoms with E-state index < -0.39 is 11.9 Å². The second-order valence-corrected chi connectivity index (χ2v) is 6.49. The fourth-order valence-corrected chi connectivity index (χ4v) is 2.37. The summed E-state index contributed by atoms with van der Waals surface area (Å²) in [5.74, 6) is 0.971. The van der Waals surface area contributed by atoms with E-state index in [-0.39, 0.29) is 17.3 Å². The zero-order valence-corrected chi connectivity index (χ0v) is 14.0. The molecule has 1 unspecified atom stereocenters. The van der Waals surface area contributed by atoms with E-state index in [1.807, 2.05) is 45.0 Å². The number of alkyl halides is 3. The van der Waals surface area contributed by atoms with E-state index in [2.05, 4.69) is 15.5 Å². The molecule has 0 fully saturated rings. The summed E-state index contributed by atoms with van der Waals surface area (Å²) in [7, 11) is 1.58. The normalized spacial score (nSPS) is 13.5. The van der Waals surface area contributed by atoms with Gasteiger partial charge in [0.25, 0.3) is 0 Å². The molecule has 2 aromatic rings. The highest BCUT2D eigenvalue weighted by Crippen LogP contribution is 2.39. The molecule has 0 aliphatic heterocycles. The zero-order chi connectivity index (χ0) is 18.0. The van der Waals surface area contributed by atoms with Crippen molar-refractivity contribution in [3.63, 3.8) is 0 Å². The molecule has 0 radical (unpaired) electrons. The molecule has 1 N–H and O–H groups in total. The summed E-state index contributed by atoms with van der Waals surface area (Å²) in [4.78, 5) is 0. The van der Waals surface area contributed by atoms with Crippen molar-refractivity contribution in [1.29, 1.82) is 0 Å². The number of halogens is 3. The maximum atomic E-state index is 12.6. The Bertz CT molecular complexity index is 679. The summed E-state index contributed by atoms with van der Waals surface area (Å²) in [6, 6.07) is 9.48. The van der Waals surface area contributed by atoms with Crippen LogP contribution < -0.4 is 10.1 Å². The Hall–Kier alpha value is -2.31. The van der Waals surface area contributed by atoms with Crippen molar-refractivity contribution >= 4 is 5.82 Å². The van der Waals surface area contributed by atoms with Crippen LogP contribution in [0.25, 0.3) is 0 Å². The van der Waals surface area contributed by atoms with Crippen LogP contribution in [0.4, 0.5) is 19.0 Å². The number of para-hydroxylation sites is 1. The van der Waals surface area contributed by atoms with Crippen molar-refractivity contribution < 1.29 is 17.9 Å². The first-order valence-corrected chi connectivity index (χ1v) is 7.43. The van der Waals surface area contributed by atoms with Crippen molar-refractivity contribution in [1.82, 2.24) is 10.2 Å². The van der Waals surface area contributed by atoms with Gasteiger partial charge in [0.05, 0.1) is 13.2 Å². The van der Waals surface area contributed by atoms with Crippen molar-refractivity contribution in [3.05, 3.63) is 47.7 Å². The predicted octanol–water partition coefficient (Wildman–Crippen LogP) is 4.70. The van der Waals surface area contributed by atoms with Crippen LogP contribution in [0.5, 0.6) is 5.75 Å². The lowest BCUT2D eigenvalue weighted by Gasteiger charge is -2.33. The van der Waals surface area contributed by atoms with Crippen molar-refractivity contribution in [2.24, 2.45) is 5.41 Å². The first-order chi connectivity index (χ1) is 11.1. The van der Waals surface area contributed by atoms with Crippen LogP contribution in [-0.2, 0) is 6.18 Å². The van der Waals surface area contributed by atoms with E-state index in [1.165, 1.54) is 6.07 Å². The number of nitrogens with zero attached hydrogens (tertiary/aromatic N) is 2. The molecule has 0 amide bonds. The quantitative estimate of drug-likeness (QED) is 0.877. The lowest BCUT2D eigenvalue weighted by molar-refractivity contribution is -0.141. The summed E-state index contributed by atoms with van der Waals surface area (Å²) in [5, 5.41) is 10.1. The number of aromatic nitrogens is 2. The van der Waals surface area contributed by atoms with Gasteiger partial charge in [-0.15, -0.1) is 10.2 Å². The molecule has 0 saturated carbocycles. The van der Waals surface area contributed by atoms with Crippen LogP contribution >= 0.6 is 0 Å². The lowest BCUT2D eigenvalue weighted by Crippen LogP contribution is -2.27. The summed E-state index contributed by atoms with van der Waals surface area (Å²) in [6.45, 7) is 6.07. The number of benzene rings is 1. The summed E-state index contributed by atoms with van der Waals surface area (Å²) < 4.78 is 43.2. The highest BCUT2D eigenvalue weighted by atomic mass is 19.4. The Kier molecular flexibility index (Phi) is 5.01. The number of rotatable bonds is 4. The number of hydrogen-bond donors (Lipinski definition) is 1. The Morgan fingerprint density at radius 3 is 2.17 bits per heavy atom. The summed E-state index contributed by atoms with van der Waals surface area (Å²) >= 11 is 0. The van der Waals surface area contributed by atoms with Gasteiger partial charge < -0.3 is 10.1 Å². The van der Waals surface area contributed by atoms with E-state index >= 15 is 0 Å². The van der Waals surface area contributed by atoms with E-state index in [9.17, 15) is 13.2 Å². The molecule has 24 heavy (non-hydrogen) atoms. The molecule has 2 rings (SSSR count). The number of anilines is 1. The minimum atomic E-state index is -4.50. The molecule has 130 valence electrons. The van der Waals surface area contributed by atoms with Gasteiger partial charge in [-0.1, -0.05) is 39.0 Å². The Balaban J connectivity index is 2.34. The molecule has 0 saturated heterocycles. The standard InChI is InChI=1S/C17H20F3N3O/c1-16(2,3)15(11-7-5-6-8-12(11)24-4)21-14-10-9-13(22-23-14)17(18,19)20/h5-10,15H,1-4H3,(H,21,23). The van der Waals surface area contributed by atoms with Crippen molar-refractivity contribution in [2.75, 3.05) is 12.4 Å². The molecule has 0 aliphatic carbocycles. The molecule has 1 heterocycles. The average molecular weight is 339 g/mol. The molecule has 0 aliphatic rings. The highest BCUT2D eigenvalue weighted by Gasteiger charge is 2.33. The number of hydrogen-bond acceptors (Lipinski definition) is 4. The van der Waals surface area contributed by atoms with Gasteiger partial charge in [0.2, 0.25) is 0 Å². The van der Waals surface area contributed by atoms with Gasteiger partial charge >= 0.3 is 6.18 Å². The first kappa shape index (κ1) is 18.0. The largest absolute Gasteiger partial charge is 0.496 e. The molecule has 1 atom stereocenters. The smallest absolute Gasteiger partial charge is 0.435 e. The Labute approximate surface area is 139 Å². The SMILES string of the molecule is COc1ccccc1C(Nc1ccc(C(F)(F)F)nn1)C(C)(C)C. The molecular formula is C17H20F3N3O. The number of methoxy groups -OCH3 is 1. The van der Waals surface area contributed by atoms with Crippen LogP contribution in [0.1, 0.15) is 38.1 Å². The Morgan fingerprint density at radius 1 is 1.00 bits per heavy atom. The molecule has 1 aromatic heterocycles. The van der Waals surface area contributed by atoms with Gasteiger partial charge in [-0.05, 0) is 23.6 Å². The Morgan fingerprint density at radius 2 is 1.67 bits per heavy atom. The van der Waals surface area contributed by atoms with E-state index in [0.29, 0.717) is 5.75 Å². The first-order valence-electron chi connectivity index (χ1n) is 7.43. The van der Waals surface area contributed by atoms with Gasteiger partial charge in [0, 0.05) is 5.56 Å². The minimum absolute atomic E-state index is 0.223. The fraction of sp³-hybridized carbons (Fsp3) is 0.412. The third-order valence-corrected chi connectivity index (χ3v) is 3.56. The lowest BCUT2D eigenvalue weighted by atomic mass is 9.82. The van der Waals surface area contributed by atoms with E-state index in [1.54, 1.807) is 7.11 Å². The van der Waals surface area contributed by atoms with Gasteiger partial charge in [-0.2, -0.15) is 13.2 Å². The molecule has 0 spiro atoms. The summed E-state index contributed by atoms with van der Waals surface area (Å²) in [6.07, 6.45) is -4.50. The molecule has 0 bridgehead atoms. The van der Waals surface area contributed by atoms with Crippen LogP contribution in [0, 0.1) is 5.41 Å². The summed E-state index contributed by atoms with van der Waals surface area (Å²) in [5.41, 5.74) is -0.356. The number of nitrogens with one attached hydrogen (secondary N) is 1. The molecule has 4 nitrogen and oxygen atoms in total.